The molecule has 1 aromatic heterocycles. The van der Waals surface area contributed by atoms with E-state index in [1.54, 1.807) is 35.7 Å². The zero-order chi connectivity index (χ0) is 25.0. The normalized spacial score (nSPS) is 14.7. The van der Waals surface area contributed by atoms with E-state index >= 15 is 0 Å². The standard InChI is InChI=1S/C26H26F3N3OS2/c1-2-6-23(34)32-13-11-17(12-14-32)25-31-22(16-35-25)24(33)30-21-10-4-3-9-20(21)18-7-5-8-19(15-18)26(27,28)29/h3-5,7-10,15-17H,2,6,11-14H2,1H3,(H,30,33). The number of carbonyl (C=O) groups is 1. The molecule has 0 spiro atoms. The van der Waals surface area contributed by atoms with Crippen molar-refractivity contribution in [3.8, 4) is 11.1 Å². The minimum Gasteiger partial charge on any atom is -0.366 e. The van der Waals surface area contributed by atoms with Gasteiger partial charge in [-0.3, -0.25) is 4.79 Å². The Morgan fingerprint density at radius 2 is 1.91 bits per heavy atom. The van der Waals surface area contributed by atoms with Crippen LogP contribution in [0.1, 0.15) is 59.6 Å². The highest BCUT2D eigenvalue weighted by molar-refractivity contribution is 7.80. The van der Waals surface area contributed by atoms with Gasteiger partial charge in [-0.2, -0.15) is 13.2 Å². The Kier molecular flexibility index (Phi) is 7.86. The molecule has 184 valence electrons. The van der Waals surface area contributed by atoms with Crippen LogP contribution >= 0.6 is 23.6 Å². The molecule has 1 amide bonds. The maximum Gasteiger partial charge on any atom is 0.416 e. The Labute approximate surface area is 212 Å². The van der Waals surface area contributed by atoms with E-state index in [1.165, 1.54) is 17.4 Å². The van der Waals surface area contributed by atoms with Crippen LogP contribution in [0.5, 0.6) is 0 Å². The average molecular weight is 518 g/mol. The minimum absolute atomic E-state index is 0.291. The highest BCUT2D eigenvalue weighted by Gasteiger charge is 2.30. The lowest BCUT2D eigenvalue weighted by atomic mass is 9.97. The van der Waals surface area contributed by atoms with E-state index < -0.39 is 11.7 Å². The number of carbonyl (C=O) groups excluding carboxylic acids is 1. The summed E-state index contributed by atoms with van der Waals surface area (Å²) in [6, 6.07) is 11.9. The third-order valence-corrected chi connectivity index (χ3v) is 7.56. The van der Waals surface area contributed by atoms with Gasteiger partial charge in [0.15, 0.2) is 0 Å². The first kappa shape index (κ1) is 25.3. The fraction of sp³-hybridized carbons (Fsp3) is 0.346. The topological polar surface area (TPSA) is 45.2 Å². The molecule has 1 saturated heterocycles. The number of nitrogens with one attached hydrogen (secondary N) is 1. The Bertz CT molecular complexity index is 1200. The molecule has 0 atom stereocenters. The first-order valence-corrected chi connectivity index (χ1v) is 12.9. The van der Waals surface area contributed by atoms with Gasteiger partial charge in [0.2, 0.25) is 0 Å². The summed E-state index contributed by atoms with van der Waals surface area (Å²) in [5, 5.41) is 5.51. The molecule has 2 aromatic carbocycles. The lowest BCUT2D eigenvalue weighted by molar-refractivity contribution is -0.137. The van der Waals surface area contributed by atoms with Crippen molar-refractivity contribution in [1.82, 2.24) is 9.88 Å². The minimum atomic E-state index is -4.44. The van der Waals surface area contributed by atoms with E-state index in [9.17, 15) is 18.0 Å². The van der Waals surface area contributed by atoms with Crippen molar-refractivity contribution in [2.75, 3.05) is 18.4 Å². The Balaban J connectivity index is 1.46. The van der Waals surface area contributed by atoms with Crippen LogP contribution < -0.4 is 5.32 Å². The second-order valence-corrected chi connectivity index (χ2v) is 9.92. The zero-order valence-corrected chi connectivity index (χ0v) is 20.9. The Morgan fingerprint density at radius 3 is 2.63 bits per heavy atom. The van der Waals surface area contributed by atoms with Crippen LogP contribution in [0.15, 0.2) is 53.9 Å². The molecular formula is C26H26F3N3OS2. The monoisotopic (exact) mass is 517 g/mol. The molecule has 1 N–H and O–H groups in total. The van der Waals surface area contributed by atoms with E-state index in [0.717, 1.165) is 60.9 Å². The second-order valence-electron chi connectivity index (χ2n) is 8.55. The first-order valence-electron chi connectivity index (χ1n) is 11.6. The van der Waals surface area contributed by atoms with E-state index in [0.29, 0.717) is 28.4 Å². The number of amides is 1. The number of alkyl halides is 3. The van der Waals surface area contributed by atoms with E-state index in [4.69, 9.17) is 12.2 Å². The third kappa shape index (κ3) is 6.08. The van der Waals surface area contributed by atoms with Gasteiger partial charge in [-0.05, 0) is 49.4 Å². The van der Waals surface area contributed by atoms with E-state index in [2.05, 4.69) is 22.1 Å². The molecule has 0 saturated carbocycles. The summed E-state index contributed by atoms with van der Waals surface area (Å²) >= 11 is 6.98. The Hall–Kier alpha value is -2.78. The van der Waals surface area contributed by atoms with Crippen molar-refractivity contribution in [3.05, 3.63) is 70.2 Å². The fourth-order valence-electron chi connectivity index (χ4n) is 4.22. The zero-order valence-electron chi connectivity index (χ0n) is 19.3. The number of halogens is 3. The second kappa shape index (κ2) is 10.9. The van der Waals surface area contributed by atoms with Gasteiger partial charge in [0.1, 0.15) is 5.69 Å². The van der Waals surface area contributed by atoms with Gasteiger partial charge in [0, 0.05) is 35.6 Å². The fourth-order valence-corrected chi connectivity index (χ4v) is 5.58. The van der Waals surface area contributed by atoms with Gasteiger partial charge in [0.25, 0.3) is 5.91 Å². The number of hydrogen-bond acceptors (Lipinski definition) is 4. The number of rotatable bonds is 6. The van der Waals surface area contributed by atoms with Gasteiger partial charge in [-0.15, -0.1) is 11.3 Å². The van der Waals surface area contributed by atoms with Crippen molar-refractivity contribution in [2.24, 2.45) is 0 Å². The largest absolute Gasteiger partial charge is 0.416 e. The van der Waals surface area contributed by atoms with Gasteiger partial charge < -0.3 is 10.2 Å². The molecule has 1 fully saturated rings. The summed E-state index contributed by atoms with van der Waals surface area (Å²) in [5.74, 6) is -0.0897. The molecule has 0 unspecified atom stereocenters. The van der Waals surface area contributed by atoms with Gasteiger partial charge in [-0.1, -0.05) is 49.5 Å². The number of hydrogen-bond donors (Lipinski definition) is 1. The van der Waals surface area contributed by atoms with Crippen LogP contribution in [0.25, 0.3) is 11.1 Å². The summed E-state index contributed by atoms with van der Waals surface area (Å²) in [7, 11) is 0. The van der Waals surface area contributed by atoms with Crippen molar-refractivity contribution >= 4 is 40.1 Å². The van der Waals surface area contributed by atoms with Crippen LogP contribution in [0.2, 0.25) is 0 Å². The summed E-state index contributed by atoms with van der Waals surface area (Å²) in [6.45, 7) is 3.92. The third-order valence-electron chi connectivity index (χ3n) is 6.09. The number of para-hydroxylation sites is 1. The van der Waals surface area contributed by atoms with Gasteiger partial charge >= 0.3 is 6.18 Å². The highest BCUT2D eigenvalue weighted by atomic mass is 32.1. The molecule has 35 heavy (non-hydrogen) atoms. The van der Waals surface area contributed by atoms with Crippen LogP contribution in [0.4, 0.5) is 18.9 Å². The number of aromatic nitrogens is 1. The smallest absolute Gasteiger partial charge is 0.366 e. The number of likely N-dealkylation sites (tertiary alicyclic amines) is 1. The Morgan fingerprint density at radius 1 is 1.17 bits per heavy atom. The summed E-state index contributed by atoms with van der Waals surface area (Å²) in [5.41, 5.74) is 0.902. The molecule has 2 heterocycles. The van der Waals surface area contributed by atoms with Crippen LogP contribution in [-0.2, 0) is 6.18 Å². The number of nitrogens with zero attached hydrogens (tertiary/aromatic N) is 2. The predicted molar refractivity (Wildman–Crippen MR) is 138 cm³/mol. The van der Waals surface area contributed by atoms with Crippen molar-refractivity contribution in [2.45, 2.75) is 44.7 Å². The van der Waals surface area contributed by atoms with Gasteiger partial charge in [-0.25, -0.2) is 4.98 Å². The number of benzene rings is 2. The number of thiazole rings is 1. The first-order chi connectivity index (χ1) is 16.8. The molecule has 4 nitrogen and oxygen atoms in total. The highest BCUT2D eigenvalue weighted by Crippen LogP contribution is 2.35. The molecule has 9 heteroatoms. The van der Waals surface area contributed by atoms with Crippen LogP contribution in [0.3, 0.4) is 0 Å². The molecular weight excluding hydrogens is 491 g/mol. The van der Waals surface area contributed by atoms with Crippen molar-refractivity contribution in [3.63, 3.8) is 0 Å². The van der Waals surface area contributed by atoms with E-state index in [-0.39, 0.29) is 5.91 Å². The number of anilines is 1. The quantitative estimate of drug-likeness (QED) is 0.346. The maximum absolute atomic E-state index is 13.2. The molecule has 1 aliphatic heterocycles. The van der Waals surface area contributed by atoms with Crippen molar-refractivity contribution in [1.29, 1.82) is 0 Å². The lowest BCUT2D eigenvalue weighted by Gasteiger charge is -2.33. The molecule has 1 aliphatic rings. The van der Waals surface area contributed by atoms with Gasteiger partial charge in [0.05, 0.1) is 15.6 Å². The summed E-state index contributed by atoms with van der Waals surface area (Å²) in [4.78, 5) is 20.8. The van der Waals surface area contributed by atoms with Crippen LogP contribution in [0, 0.1) is 0 Å². The SMILES string of the molecule is CCCC(=S)N1CCC(c2nc(C(=O)Nc3ccccc3-c3cccc(C(F)(F)F)c3)cs2)CC1. The predicted octanol–water partition coefficient (Wildman–Crippen LogP) is 7.39. The molecule has 4 rings (SSSR count). The number of piperidine rings is 1. The van der Waals surface area contributed by atoms with E-state index in [1.807, 2.05) is 0 Å². The number of thiocarbonyl (C=S) groups is 1. The molecule has 0 aliphatic carbocycles. The summed E-state index contributed by atoms with van der Waals surface area (Å²) in [6.07, 6.45) is -0.583. The lowest BCUT2D eigenvalue weighted by Crippen LogP contribution is -2.36. The molecule has 0 bridgehead atoms. The molecule has 0 radical (unpaired) electrons. The average Bonchev–Trinajstić information content (AvgIpc) is 3.35. The molecule has 3 aromatic rings. The maximum atomic E-state index is 13.2. The summed E-state index contributed by atoms with van der Waals surface area (Å²) < 4.78 is 39.5. The van der Waals surface area contributed by atoms with Crippen molar-refractivity contribution < 1.29 is 18.0 Å². The van der Waals surface area contributed by atoms with Crippen LogP contribution in [-0.4, -0.2) is 33.9 Å².